The van der Waals surface area contributed by atoms with E-state index < -0.39 is 22.1 Å². The molecule has 4 aliphatic rings. The number of anilines is 1. The number of carbonyl (C=O) groups excluding carboxylic acids is 2. The van der Waals surface area contributed by atoms with E-state index in [0.29, 0.717) is 29.1 Å². The highest BCUT2D eigenvalue weighted by Gasteiger charge is 2.42. The van der Waals surface area contributed by atoms with Crippen LogP contribution in [0.3, 0.4) is 0 Å². The molecule has 0 radical (unpaired) electrons. The molecule has 0 saturated heterocycles. The zero-order valence-corrected chi connectivity index (χ0v) is 19.7. The van der Waals surface area contributed by atoms with Crippen LogP contribution in [-0.4, -0.2) is 49.9 Å². The molecule has 0 unspecified atom stereocenters. The van der Waals surface area contributed by atoms with Gasteiger partial charge in [0.2, 0.25) is 0 Å². The van der Waals surface area contributed by atoms with Gasteiger partial charge in [0.05, 0.1) is 17.0 Å². The predicted molar refractivity (Wildman–Crippen MR) is 122 cm³/mol. The molecule has 0 aromatic heterocycles. The largest absolute Gasteiger partial charge is 0.449 e. The van der Waals surface area contributed by atoms with Gasteiger partial charge < -0.3 is 15.0 Å². The van der Waals surface area contributed by atoms with E-state index >= 15 is 0 Å². The third kappa shape index (κ3) is 4.03. The van der Waals surface area contributed by atoms with Crippen molar-refractivity contribution < 1.29 is 22.7 Å². The molecule has 5 rings (SSSR count). The number of fused-ring (bicyclic) bond motifs is 5. The van der Waals surface area contributed by atoms with Crippen molar-refractivity contribution >= 4 is 44.5 Å². The van der Waals surface area contributed by atoms with Gasteiger partial charge in [-0.2, -0.15) is 0 Å². The van der Waals surface area contributed by atoms with Gasteiger partial charge in [-0.25, -0.2) is 13.2 Å². The summed E-state index contributed by atoms with van der Waals surface area (Å²) < 4.78 is 32.8. The number of nitrogens with one attached hydrogen (secondary N) is 1. The number of carbonyl (C=O) groups is 2. The maximum absolute atomic E-state index is 12.7. The van der Waals surface area contributed by atoms with Crippen molar-refractivity contribution in [2.24, 2.45) is 22.2 Å². The molecule has 0 spiro atoms. The van der Waals surface area contributed by atoms with Crippen LogP contribution in [0, 0.1) is 17.8 Å². The molecule has 2 saturated carbocycles. The van der Waals surface area contributed by atoms with Gasteiger partial charge >= 0.3 is 5.97 Å². The first-order valence-corrected chi connectivity index (χ1v) is 13.6. The molecule has 8 nitrogen and oxygen atoms in total. The Bertz CT molecular complexity index is 1100. The summed E-state index contributed by atoms with van der Waals surface area (Å²) in [6, 6.07) is 5.14. The van der Waals surface area contributed by atoms with Gasteiger partial charge in [0.25, 0.3) is 15.9 Å². The van der Waals surface area contributed by atoms with Crippen LogP contribution >= 0.6 is 11.8 Å². The number of nitrogens with zero attached hydrogens (tertiary/aromatic N) is 2. The molecule has 1 N–H and O–H groups in total. The Hall–Kier alpha value is -2.07. The third-order valence-corrected chi connectivity index (χ3v) is 9.47. The van der Waals surface area contributed by atoms with E-state index in [1.165, 1.54) is 37.4 Å². The molecule has 32 heavy (non-hydrogen) atoms. The topological polar surface area (TPSA) is 105 Å². The first-order valence-electron chi connectivity index (χ1n) is 11.1. The van der Waals surface area contributed by atoms with E-state index in [1.54, 1.807) is 25.1 Å². The second-order valence-electron chi connectivity index (χ2n) is 9.28. The van der Waals surface area contributed by atoms with Crippen molar-refractivity contribution in [1.82, 2.24) is 5.32 Å². The van der Waals surface area contributed by atoms with E-state index in [4.69, 9.17) is 4.74 Å². The minimum absolute atomic E-state index is 0.0341. The average Bonchev–Trinajstić information content (AvgIpc) is 3.45. The molecule has 10 heteroatoms. The molecule has 5 atom stereocenters. The standard InChI is InChI=1S/C22H27N3O5S2/c1-12(17-10-14-3-4-15(17)9-14)23-20(26)13(2)30-21(27)16-5-6-18-19(11-16)31-22-24-32(28,29)8-7-25(18)22/h5-6,11-15,17H,3-4,7-10H2,1-2H3,(H,23,26)/t12-,13-,14-,15-,17+/m0/s1. The number of rotatable bonds is 5. The number of amidine groups is 1. The number of benzene rings is 1. The molecule has 1 aromatic carbocycles. The fourth-order valence-corrected chi connectivity index (χ4v) is 7.79. The summed E-state index contributed by atoms with van der Waals surface area (Å²) >= 11 is 1.22. The molecule has 172 valence electrons. The fourth-order valence-electron chi connectivity index (χ4n) is 5.49. The molecule has 1 aromatic rings. The highest BCUT2D eigenvalue weighted by Crippen LogP contribution is 2.49. The lowest BCUT2D eigenvalue weighted by Crippen LogP contribution is -2.45. The Kier molecular flexibility index (Phi) is 5.48. The summed E-state index contributed by atoms with van der Waals surface area (Å²) in [5.74, 6) is 1.14. The minimum Gasteiger partial charge on any atom is -0.449 e. The number of amides is 1. The van der Waals surface area contributed by atoms with Crippen LogP contribution in [0.25, 0.3) is 0 Å². The molecule has 2 aliphatic heterocycles. The van der Waals surface area contributed by atoms with Crippen molar-refractivity contribution in [1.29, 1.82) is 0 Å². The van der Waals surface area contributed by atoms with Crippen LogP contribution in [0.4, 0.5) is 5.69 Å². The summed E-state index contributed by atoms with van der Waals surface area (Å²) in [6.07, 6.45) is 4.13. The fraction of sp³-hybridized carbons (Fsp3) is 0.591. The first-order chi connectivity index (χ1) is 15.2. The van der Waals surface area contributed by atoms with E-state index in [0.717, 1.165) is 16.5 Å². The van der Waals surface area contributed by atoms with E-state index in [-0.39, 0.29) is 17.7 Å². The van der Waals surface area contributed by atoms with E-state index in [1.807, 2.05) is 11.8 Å². The van der Waals surface area contributed by atoms with Crippen molar-refractivity contribution in [3.8, 4) is 0 Å². The Morgan fingerprint density at radius 3 is 2.78 bits per heavy atom. The van der Waals surface area contributed by atoms with Crippen LogP contribution in [0.1, 0.15) is 49.9 Å². The van der Waals surface area contributed by atoms with Crippen LogP contribution in [0.2, 0.25) is 0 Å². The second-order valence-corrected chi connectivity index (χ2v) is 12.0. The summed E-state index contributed by atoms with van der Waals surface area (Å²) in [4.78, 5) is 27.9. The monoisotopic (exact) mass is 477 g/mol. The lowest BCUT2D eigenvalue weighted by Gasteiger charge is -2.29. The van der Waals surface area contributed by atoms with Gasteiger partial charge in [0, 0.05) is 17.5 Å². The average molecular weight is 478 g/mol. The number of hydrogen-bond donors (Lipinski definition) is 1. The van der Waals surface area contributed by atoms with Crippen LogP contribution in [0.5, 0.6) is 0 Å². The maximum Gasteiger partial charge on any atom is 0.338 e. The second kappa shape index (κ2) is 8.06. The van der Waals surface area contributed by atoms with E-state index in [2.05, 4.69) is 9.71 Å². The van der Waals surface area contributed by atoms with Crippen LogP contribution in [0.15, 0.2) is 27.5 Å². The SMILES string of the molecule is C[C@H](OC(=O)c1ccc2c(c1)SC1=NS(=O)(=O)CCN12)C(=O)N[C@@H](C)[C@H]1C[C@H]2CC[C@H]1C2. The third-order valence-electron chi connectivity index (χ3n) is 7.17. The van der Waals surface area contributed by atoms with Gasteiger partial charge in [0.15, 0.2) is 11.3 Å². The predicted octanol–water partition coefficient (Wildman–Crippen LogP) is 2.78. The number of thioether (sulfide) groups is 1. The molecular weight excluding hydrogens is 450 g/mol. The van der Waals surface area contributed by atoms with Gasteiger partial charge in [-0.1, -0.05) is 6.42 Å². The van der Waals surface area contributed by atoms with Crippen molar-refractivity contribution in [2.45, 2.75) is 56.6 Å². The maximum atomic E-state index is 12.7. The zero-order chi connectivity index (χ0) is 22.6. The first kappa shape index (κ1) is 21.8. The highest BCUT2D eigenvalue weighted by atomic mass is 32.2. The summed E-state index contributed by atoms with van der Waals surface area (Å²) in [5, 5.41) is 3.45. The van der Waals surface area contributed by atoms with Crippen molar-refractivity contribution in [2.75, 3.05) is 17.2 Å². The number of hydrogen-bond acceptors (Lipinski definition) is 7. The molecule has 2 fully saturated rings. The Labute approximate surface area is 192 Å². The van der Waals surface area contributed by atoms with Gasteiger partial charge in [-0.05, 0) is 80.8 Å². The van der Waals surface area contributed by atoms with Crippen molar-refractivity contribution in [3.05, 3.63) is 23.8 Å². The van der Waals surface area contributed by atoms with Crippen LogP contribution in [-0.2, 0) is 19.6 Å². The molecule has 2 aliphatic carbocycles. The number of esters is 1. The Morgan fingerprint density at radius 1 is 1.25 bits per heavy atom. The molecule has 2 bridgehead atoms. The normalized spacial score (nSPS) is 29.0. The summed E-state index contributed by atoms with van der Waals surface area (Å²) in [5.41, 5.74) is 1.14. The summed E-state index contributed by atoms with van der Waals surface area (Å²) in [6.45, 7) is 3.97. The van der Waals surface area contributed by atoms with Crippen LogP contribution < -0.4 is 10.2 Å². The number of ether oxygens (including phenoxy) is 1. The lowest BCUT2D eigenvalue weighted by molar-refractivity contribution is -0.130. The van der Waals surface area contributed by atoms with Gasteiger partial charge in [0.1, 0.15) is 0 Å². The highest BCUT2D eigenvalue weighted by molar-refractivity contribution is 8.15. The van der Waals surface area contributed by atoms with E-state index in [9.17, 15) is 18.0 Å². The van der Waals surface area contributed by atoms with Crippen molar-refractivity contribution in [3.63, 3.8) is 0 Å². The minimum atomic E-state index is -3.44. The zero-order valence-electron chi connectivity index (χ0n) is 18.1. The Balaban J connectivity index is 1.21. The summed E-state index contributed by atoms with van der Waals surface area (Å²) in [7, 11) is -3.44. The lowest BCUT2D eigenvalue weighted by atomic mass is 9.84. The molecule has 1 amide bonds. The smallest absolute Gasteiger partial charge is 0.338 e. The number of sulfonamides is 1. The Morgan fingerprint density at radius 2 is 2.06 bits per heavy atom. The molecule has 2 heterocycles. The quantitative estimate of drug-likeness (QED) is 0.650. The van der Waals surface area contributed by atoms with Gasteiger partial charge in [-0.3, -0.25) is 4.79 Å². The van der Waals surface area contributed by atoms with Gasteiger partial charge in [-0.15, -0.1) is 4.40 Å². The molecular formula is C22H27N3O5S2.